The zero-order valence-electron chi connectivity index (χ0n) is 6.54. The van der Waals surface area contributed by atoms with E-state index in [-0.39, 0.29) is 0 Å². The van der Waals surface area contributed by atoms with E-state index in [4.69, 9.17) is 58.0 Å². The molecule has 0 N–H and O–H groups in total. The predicted octanol–water partition coefficient (Wildman–Crippen LogP) is 5.43. The normalized spacial score (nSPS) is 11.0. The standard InChI is InChI=1S/C8H5Cl5/c1-3-2-4(9)7(11)5(6(3)10)8(12)13/h2,8H,1H3. The van der Waals surface area contributed by atoms with Crippen LogP contribution in [0.4, 0.5) is 0 Å². The number of rotatable bonds is 1. The maximum Gasteiger partial charge on any atom is 0.135 e. The molecule has 0 spiro atoms. The molecule has 0 bridgehead atoms. The molecule has 72 valence electrons. The van der Waals surface area contributed by atoms with Gasteiger partial charge in [0.2, 0.25) is 0 Å². The van der Waals surface area contributed by atoms with Crippen molar-refractivity contribution in [2.75, 3.05) is 0 Å². The van der Waals surface area contributed by atoms with Crippen LogP contribution in [-0.4, -0.2) is 0 Å². The number of alkyl halides is 2. The molecule has 0 fully saturated rings. The van der Waals surface area contributed by atoms with Crippen molar-refractivity contribution in [3.05, 3.63) is 32.3 Å². The average Bonchev–Trinajstić information content (AvgIpc) is 2.01. The third kappa shape index (κ3) is 2.37. The van der Waals surface area contributed by atoms with Crippen molar-refractivity contribution < 1.29 is 0 Å². The van der Waals surface area contributed by atoms with E-state index < -0.39 is 4.84 Å². The predicted molar refractivity (Wildman–Crippen MR) is 60.7 cm³/mol. The van der Waals surface area contributed by atoms with Gasteiger partial charge in [-0.15, -0.1) is 0 Å². The molecule has 0 aliphatic rings. The Labute approximate surface area is 102 Å². The third-order valence-corrected chi connectivity index (χ3v) is 3.33. The quantitative estimate of drug-likeness (QED) is 0.474. The second-order valence-electron chi connectivity index (χ2n) is 2.52. The van der Waals surface area contributed by atoms with E-state index in [1.165, 1.54) is 0 Å². The first-order chi connectivity index (χ1) is 5.95. The highest BCUT2D eigenvalue weighted by molar-refractivity contribution is 6.49. The number of benzene rings is 1. The lowest BCUT2D eigenvalue weighted by atomic mass is 10.1. The average molecular weight is 278 g/mol. The van der Waals surface area contributed by atoms with Gasteiger partial charge in [-0.25, -0.2) is 0 Å². The summed E-state index contributed by atoms with van der Waals surface area (Å²) in [4.78, 5) is -0.766. The summed E-state index contributed by atoms with van der Waals surface area (Å²) in [6.45, 7) is 1.81. The summed E-state index contributed by atoms with van der Waals surface area (Å²) >= 11 is 29.1. The van der Waals surface area contributed by atoms with E-state index in [2.05, 4.69) is 0 Å². The number of aryl methyl sites for hydroxylation is 1. The maximum atomic E-state index is 5.95. The molecule has 0 saturated heterocycles. The van der Waals surface area contributed by atoms with Gasteiger partial charge in [-0.2, -0.15) is 0 Å². The Morgan fingerprint density at radius 1 is 1.08 bits per heavy atom. The van der Waals surface area contributed by atoms with Crippen molar-refractivity contribution in [1.29, 1.82) is 0 Å². The van der Waals surface area contributed by atoms with E-state index in [0.717, 1.165) is 5.56 Å². The van der Waals surface area contributed by atoms with Gasteiger partial charge in [0.25, 0.3) is 0 Å². The van der Waals surface area contributed by atoms with Crippen LogP contribution in [0.3, 0.4) is 0 Å². The molecule has 0 amide bonds. The van der Waals surface area contributed by atoms with Crippen molar-refractivity contribution in [3.63, 3.8) is 0 Å². The molecule has 0 heterocycles. The summed E-state index contributed by atoms with van der Waals surface area (Å²) in [7, 11) is 0. The Bertz CT molecular complexity index is 306. The first kappa shape index (κ1) is 11.7. The van der Waals surface area contributed by atoms with Crippen LogP contribution in [-0.2, 0) is 0 Å². The molecule has 0 radical (unpaired) electrons. The Morgan fingerprint density at radius 3 is 2.08 bits per heavy atom. The molecule has 1 aromatic rings. The molecule has 1 aromatic carbocycles. The molecule has 0 aromatic heterocycles. The van der Waals surface area contributed by atoms with E-state index in [1.54, 1.807) is 6.07 Å². The Hall–Kier alpha value is 0.670. The van der Waals surface area contributed by atoms with Gasteiger partial charge in [0, 0.05) is 5.56 Å². The lowest BCUT2D eigenvalue weighted by Gasteiger charge is -2.11. The monoisotopic (exact) mass is 276 g/mol. The molecule has 13 heavy (non-hydrogen) atoms. The van der Waals surface area contributed by atoms with Crippen molar-refractivity contribution >= 4 is 58.0 Å². The van der Waals surface area contributed by atoms with Crippen LogP contribution in [0, 0.1) is 6.92 Å². The summed E-state index contributed by atoms with van der Waals surface area (Å²) in [5, 5.41) is 1.18. The minimum Gasteiger partial charge on any atom is -0.0999 e. The van der Waals surface area contributed by atoms with E-state index >= 15 is 0 Å². The molecular weight excluding hydrogens is 273 g/mol. The number of hydrogen-bond acceptors (Lipinski definition) is 0. The van der Waals surface area contributed by atoms with E-state index in [0.29, 0.717) is 20.6 Å². The fourth-order valence-corrected chi connectivity index (χ4v) is 2.44. The topological polar surface area (TPSA) is 0 Å². The lowest BCUT2D eigenvalue weighted by molar-refractivity contribution is 1.31. The van der Waals surface area contributed by atoms with Gasteiger partial charge in [0.05, 0.1) is 15.1 Å². The molecule has 5 heteroatoms. The highest BCUT2D eigenvalue weighted by Crippen LogP contribution is 2.41. The summed E-state index contributed by atoms with van der Waals surface area (Å²) in [6, 6.07) is 1.67. The molecule has 0 aliphatic carbocycles. The molecule has 0 nitrogen and oxygen atoms in total. The van der Waals surface area contributed by atoms with E-state index in [1.807, 2.05) is 6.92 Å². The van der Waals surface area contributed by atoms with Gasteiger partial charge in [0.15, 0.2) is 0 Å². The van der Waals surface area contributed by atoms with E-state index in [9.17, 15) is 0 Å². The number of halogens is 5. The Kier molecular flexibility index (Phi) is 4.03. The van der Waals surface area contributed by atoms with Gasteiger partial charge in [0.1, 0.15) is 4.84 Å². The summed E-state index contributed by atoms with van der Waals surface area (Å²) in [5.41, 5.74) is 1.27. The largest absolute Gasteiger partial charge is 0.135 e. The fourth-order valence-electron chi connectivity index (χ4n) is 0.946. The highest BCUT2D eigenvalue weighted by atomic mass is 35.5. The van der Waals surface area contributed by atoms with Crippen molar-refractivity contribution in [1.82, 2.24) is 0 Å². The SMILES string of the molecule is Cc1cc(Cl)c(Cl)c(C(Cl)Cl)c1Cl. The fraction of sp³-hybridized carbons (Fsp3) is 0.250. The minimum atomic E-state index is -0.766. The zero-order valence-corrected chi connectivity index (χ0v) is 10.3. The second-order valence-corrected chi connectivity index (χ2v) is 4.78. The van der Waals surface area contributed by atoms with Crippen LogP contribution in [0.1, 0.15) is 16.0 Å². The molecule has 0 atom stereocenters. The van der Waals surface area contributed by atoms with Crippen molar-refractivity contribution in [3.8, 4) is 0 Å². The van der Waals surface area contributed by atoms with Crippen LogP contribution >= 0.6 is 58.0 Å². The molecule has 0 aliphatic heterocycles. The van der Waals surface area contributed by atoms with Crippen molar-refractivity contribution in [2.24, 2.45) is 0 Å². The van der Waals surface area contributed by atoms with Crippen LogP contribution < -0.4 is 0 Å². The van der Waals surface area contributed by atoms with Crippen LogP contribution in [0.25, 0.3) is 0 Å². The Morgan fingerprint density at radius 2 is 1.62 bits per heavy atom. The molecule has 0 saturated carbocycles. The second kappa shape index (κ2) is 4.46. The summed E-state index contributed by atoms with van der Waals surface area (Å²) in [6.07, 6.45) is 0. The first-order valence-corrected chi connectivity index (χ1v) is 5.38. The summed E-state index contributed by atoms with van der Waals surface area (Å²) in [5.74, 6) is 0. The Balaban J connectivity index is 3.46. The highest BCUT2D eigenvalue weighted by Gasteiger charge is 2.17. The first-order valence-electron chi connectivity index (χ1n) is 3.37. The molecule has 0 unspecified atom stereocenters. The number of hydrogen-bond donors (Lipinski definition) is 0. The smallest absolute Gasteiger partial charge is 0.0999 e. The summed E-state index contributed by atoms with van der Waals surface area (Å²) < 4.78 is 0. The minimum absolute atomic E-state index is 0.312. The van der Waals surface area contributed by atoms with Gasteiger partial charge in [-0.1, -0.05) is 58.0 Å². The van der Waals surface area contributed by atoms with Crippen LogP contribution in [0.2, 0.25) is 15.1 Å². The molecule has 1 rings (SSSR count). The van der Waals surface area contributed by atoms with Gasteiger partial charge in [-0.3, -0.25) is 0 Å². The third-order valence-electron chi connectivity index (χ3n) is 1.59. The zero-order chi connectivity index (χ0) is 10.2. The van der Waals surface area contributed by atoms with Gasteiger partial charge >= 0.3 is 0 Å². The van der Waals surface area contributed by atoms with Crippen molar-refractivity contribution in [2.45, 2.75) is 11.8 Å². The van der Waals surface area contributed by atoms with Crippen LogP contribution in [0.5, 0.6) is 0 Å². The van der Waals surface area contributed by atoms with Gasteiger partial charge in [-0.05, 0) is 18.6 Å². The lowest BCUT2D eigenvalue weighted by Crippen LogP contribution is -1.90. The van der Waals surface area contributed by atoms with Crippen LogP contribution in [0.15, 0.2) is 6.07 Å². The van der Waals surface area contributed by atoms with Gasteiger partial charge < -0.3 is 0 Å². The maximum absolute atomic E-state index is 5.95. The molecular formula is C8H5Cl5.